The van der Waals surface area contributed by atoms with Crippen LogP contribution in [0.1, 0.15) is 32.2 Å². The Labute approximate surface area is 138 Å². The third kappa shape index (κ3) is 3.29. The Morgan fingerprint density at radius 1 is 1.52 bits per heavy atom. The van der Waals surface area contributed by atoms with Crippen LogP contribution in [0, 0.1) is 11.8 Å². The van der Waals surface area contributed by atoms with Crippen molar-refractivity contribution in [3.05, 3.63) is 38.8 Å². The van der Waals surface area contributed by atoms with Crippen molar-refractivity contribution in [3.63, 3.8) is 0 Å². The fourth-order valence-electron chi connectivity index (χ4n) is 2.85. The summed E-state index contributed by atoms with van der Waals surface area (Å²) in [6, 6.07) is 2.02. The Hall–Kier alpha value is -2.14. The average Bonchev–Trinajstić information content (AvgIpc) is 3.10. The van der Waals surface area contributed by atoms with E-state index in [1.807, 2.05) is 11.4 Å². The highest BCUT2D eigenvalue weighted by Gasteiger charge is 2.27. The zero-order valence-electron chi connectivity index (χ0n) is 12.7. The minimum absolute atomic E-state index is 0.140. The van der Waals surface area contributed by atoms with Crippen molar-refractivity contribution in [2.45, 2.75) is 19.5 Å². The van der Waals surface area contributed by atoms with Crippen molar-refractivity contribution < 1.29 is 15.0 Å². The highest BCUT2D eigenvalue weighted by Crippen LogP contribution is 2.25. The molecule has 0 spiro atoms. The van der Waals surface area contributed by atoms with Gasteiger partial charge in [-0.1, -0.05) is 11.8 Å². The molecule has 0 saturated carbocycles. The number of aliphatic hydroxyl groups excluding tert-OH is 1. The van der Waals surface area contributed by atoms with Crippen molar-refractivity contribution in [2.24, 2.45) is 7.05 Å². The monoisotopic (exact) mass is 331 g/mol. The van der Waals surface area contributed by atoms with E-state index in [-0.39, 0.29) is 12.3 Å². The SMILES string of the molecule is Cn1nc(C(=O)O)c2c1CCN(Cc1cc(C#CCO)cs1)C2. The summed E-state index contributed by atoms with van der Waals surface area (Å²) < 4.78 is 1.68. The fraction of sp³-hybridized carbons (Fsp3) is 0.375. The summed E-state index contributed by atoms with van der Waals surface area (Å²) in [5.41, 5.74) is 2.90. The number of carboxylic acids is 1. The maximum absolute atomic E-state index is 11.3. The Balaban J connectivity index is 1.74. The lowest BCUT2D eigenvalue weighted by molar-refractivity contribution is 0.0687. The van der Waals surface area contributed by atoms with Gasteiger partial charge in [0.15, 0.2) is 5.69 Å². The van der Waals surface area contributed by atoms with Gasteiger partial charge in [-0.2, -0.15) is 5.10 Å². The Bertz CT molecular complexity index is 797. The van der Waals surface area contributed by atoms with Crippen molar-refractivity contribution >= 4 is 17.3 Å². The predicted octanol–water partition coefficient (Wildman–Crippen LogP) is 1.08. The zero-order valence-corrected chi connectivity index (χ0v) is 13.6. The van der Waals surface area contributed by atoms with Crippen LogP contribution in [0.4, 0.5) is 0 Å². The minimum Gasteiger partial charge on any atom is -0.476 e. The minimum atomic E-state index is -0.971. The van der Waals surface area contributed by atoms with Gasteiger partial charge in [-0.05, 0) is 6.07 Å². The normalized spacial score (nSPS) is 14.2. The molecule has 120 valence electrons. The number of hydrogen-bond acceptors (Lipinski definition) is 5. The van der Waals surface area contributed by atoms with E-state index >= 15 is 0 Å². The van der Waals surface area contributed by atoms with Gasteiger partial charge in [0.2, 0.25) is 0 Å². The molecule has 2 aromatic heterocycles. The van der Waals surface area contributed by atoms with E-state index in [0.29, 0.717) is 6.54 Å². The van der Waals surface area contributed by atoms with E-state index in [9.17, 15) is 9.90 Å². The number of aryl methyl sites for hydroxylation is 1. The third-order valence-corrected chi connectivity index (χ3v) is 4.79. The van der Waals surface area contributed by atoms with Gasteiger partial charge in [0, 0.05) is 60.2 Å². The van der Waals surface area contributed by atoms with Crippen LogP contribution >= 0.6 is 11.3 Å². The van der Waals surface area contributed by atoms with Crippen LogP contribution in [0.25, 0.3) is 0 Å². The molecule has 2 aromatic rings. The first-order valence-corrected chi connectivity index (χ1v) is 8.14. The molecule has 0 bridgehead atoms. The summed E-state index contributed by atoms with van der Waals surface area (Å²) in [4.78, 5) is 14.7. The van der Waals surface area contributed by atoms with Crippen LogP contribution in [0.15, 0.2) is 11.4 Å². The summed E-state index contributed by atoms with van der Waals surface area (Å²) in [6.45, 7) is 2.10. The molecule has 0 amide bonds. The Morgan fingerprint density at radius 3 is 3.09 bits per heavy atom. The summed E-state index contributed by atoms with van der Waals surface area (Å²) in [5.74, 6) is 4.56. The van der Waals surface area contributed by atoms with E-state index < -0.39 is 5.97 Å². The Kier molecular flexibility index (Phi) is 4.48. The van der Waals surface area contributed by atoms with Gasteiger partial charge in [-0.3, -0.25) is 9.58 Å². The van der Waals surface area contributed by atoms with Gasteiger partial charge >= 0.3 is 5.97 Å². The summed E-state index contributed by atoms with van der Waals surface area (Å²) in [6.07, 6.45) is 0.800. The Morgan fingerprint density at radius 2 is 2.35 bits per heavy atom. The van der Waals surface area contributed by atoms with Gasteiger partial charge in [-0.15, -0.1) is 11.3 Å². The first kappa shape index (κ1) is 15.7. The molecule has 0 aromatic carbocycles. The second-order valence-corrected chi connectivity index (χ2v) is 6.42. The molecule has 0 atom stereocenters. The number of fused-ring (bicyclic) bond motifs is 1. The van der Waals surface area contributed by atoms with E-state index in [2.05, 4.69) is 21.8 Å². The molecule has 1 aliphatic heterocycles. The summed E-state index contributed by atoms with van der Waals surface area (Å²) in [5, 5.41) is 24.1. The highest BCUT2D eigenvalue weighted by molar-refractivity contribution is 7.10. The fourth-order valence-corrected chi connectivity index (χ4v) is 3.70. The lowest BCUT2D eigenvalue weighted by Gasteiger charge is -2.26. The van der Waals surface area contributed by atoms with E-state index in [0.717, 1.165) is 36.3 Å². The number of nitrogens with zero attached hydrogens (tertiary/aromatic N) is 3. The molecule has 23 heavy (non-hydrogen) atoms. The molecular formula is C16H17N3O3S. The highest BCUT2D eigenvalue weighted by atomic mass is 32.1. The maximum atomic E-state index is 11.3. The molecule has 0 radical (unpaired) electrons. The molecule has 2 N–H and O–H groups in total. The van der Waals surface area contributed by atoms with Gasteiger partial charge in [0.1, 0.15) is 6.61 Å². The molecule has 7 heteroatoms. The quantitative estimate of drug-likeness (QED) is 0.823. The lowest BCUT2D eigenvalue weighted by atomic mass is 10.0. The largest absolute Gasteiger partial charge is 0.476 e. The first-order chi connectivity index (χ1) is 11.1. The van der Waals surface area contributed by atoms with E-state index in [1.165, 1.54) is 4.88 Å². The second kappa shape index (κ2) is 6.54. The molecule has 6 nitrogen and oxygen atoms in total. The lowest BCUT2D eigenvalue weighted by Crippen LogP contribution is -2.30. The van der Waals surface area contributed by atoms with Crippen molar-refractivity contribution in [3.8, 4) is 11.8 Å². The van der Waals surface area contributed by atoms with Crippen molar-refractivity contribution in [2.75, 3.05) is 13.2 Å². The molecule has 3 rings (SSSR count). The van der Waals surface area contributed by atoms with Crippen molar-refractivity contribution in [1.82, 2.24) is 14.7 Å². The first-order valence-electron chi connectivity index (χ1n) is 7.26. The van der Waals surface area contributed by atoms with Gasteiger partial charge < -0.3 is 10.2 Å². The maximum Gasteiger partial charge on any atom is 0.356 e. The number of carbonyl (C=O) groups is 1. The average molecular weight is 331 g/mol. The van der Waals surface area contributed by atoms with Crippen LogP contribution in [-0.4, -0.2) is 44.0 Å². The number of hydrogen-bond donors (Lipinski definition) is 2. The third-order valence-electron chi connectivity index (χ3n) is 3.87. The number of carboxylic acid groups (broad SMARTS) is 1. The van der Waals surface area contributed by atoms with Crippen LogP contribution in [0.5, 0.6) is 0 Å². The number of aromatic nitrogens is 2. The van der Waals surface area contributed by atoms with Crippen LogP contribution < -0.4 is 0 Å². The molecule has 1 aliphatic rings. The van der Waals surface area contributed by atoms with Crippen molar-refractivity contribution in [1.29, 1.82) is 0 Å². The van der Waals surface area contributed by atoms with E-state index in [4.69, 9.17) is 5.11 Å². The van der Waals surface area contributed by atoms with Gasteiger partial charge in [0.05, 0.1) is 0 Å². The van der Waals surface area contributed by atoms with Crippen LogP contribution in [-0.2, 0) is 26.6 Å². The second-order valence-electron chi connectivity index (χ2n) is 5.42. The smallest absolute Gasteiger partial charge is 0.356 e. The van der Waals surface area contributed by atoms with Crippen LogP contribution in [0.3, 0.4) is 0 Å². The number of aliphatic hydroxyl groups is 1. The molecular weight excluding hydrogens is 314 g/mol. The number of aromatic carboxylic acids is 1. The number of thiophene rings is 1. The zero-order chi connectivity index (χ0) is 16.4. The van der Waals surface area contributed by atoms with E-state index in [1.54, 1.807) is 23.1 Å². The molecule has 0 unspecified atom stereocenters. The summed E-state index contributed by atoms with van der Waals surface area (Å²) >= 11 is 1.63. The number of rotatable bonds is 3. The topological polar surface area (TPSA) is 78.6 Å². The molecule has 0 aliphatic carbocycles. The molecule has 0 fully saturated rings. The van der Waals surface area contributed by atoms with Gasteiger partial charge in [0.25, 0.3) is 0 Å². The molecule has 0 saturated heterocycles. The summed E-state index contributed by atoms with van der Waals surface area (Å²) in [7, 11) is 1.80. The molecule has 3 heterocycles. The van der Waals surface area contributed by atoms with Gasteiger partial charge in [-0.25, -0.2) is 4.79 Å². The predicted molar refractivity (Wildman–Crippen MR) is 86.3 cm³/mol. The van der Waals surface area contributed by atoms with Crippen LogP contribution in [0.2, 0.25) is 0 Å². The standard InChI is InChI=1S/C16H17N3O3S/c1-18-14-4-5-19(9-13(14)15(17-18)16(21)22)8-12-7-11(10-23-12)3-2-6-20/h7,10,20H,4-6,8-9H2,1H3,(H,21,22).